The van der Waals surface area contributed by atoms with Crippen LogP contribution in [0, 0.1) is 3.57 Å². The minimum absolute atomic E-state index is 0.0626. The zero-order valence-corrected chi connectivity index (χ0v) is 11.7. The summed E-state index contributed by atoms with van der Waals surface area (Å²) in [4.78, 5) is 12.2. The van der Waals surface area contributed by atoms with E-state index < -0.39 is 0 Å². The number of fused-ring (bicyclic) bond motifs is 1. The first kappa shape index (κ1) is 11.0. The molecule has 0 aliphatic carbocycles. The molecular weight excluding hydrogens is 345 g/mol. The van der Waals surface area contributed by atoms with E-state index in [1.165, 1.54) is 11.5 Å². The second-order valence-corrected chi connectivity index (χ2v) is 5.90. The second kappa shape index (κ2) is 4.27. The molecule has 2 nitrogen and oxygen atoms in total. The van der Waals surface area contributed by atoms with Crippen LogP contribution < -0.4 is 5.56 Å². The minimum Gasteiger partial charge on any atom is -0.267 e. The van der Waals surface area contributed by atoms with E-state index in [1.807, 2.05) is 48.5 Å². The molecule has 0 saturated carbocycles. The summed E-state index contributed by atoms with van der Waals surface area (Å²) in [7, 11) is 0. The molecule has 4 heteroatoms. The first-order valence-corrected chi connectivity index (χ1v) is 6.98. The number of aromatic nitrogens is 1. The molecule has 1 aromatic heterocycles. The topological polar surface area (TPSA) is 22.0 Å². The smallest absolute Gasteiger partial charge is 0.267 e. The molecule has 0 amide bonds. The zero-order valence-electron chi connectivity index (χ0n) is 8.76. The van der Waals surface area contributed by atoms with E-state index in [4.69, 9.17) is 0 Å². The molecule has 3 aromatic rings. The van der Waals surface area contributed by atoms with Crippen LogP contribution in [-0.4, -0.2) is 3.96 Å². The van der Waals surface area contributed by atoms with Crippen molar-refractivity contribution in [1.29, 1.82) is 0 Å². The van der Waals surface area contributed by atoms with Crippen LogP contribution in [0.1, 0.15) is 0 Å². The molecule has 0 aliphatic rings. The van der Waals surface area contributed by atoms with Gasteiger partial charge in [-0.15, -0.1) is 0 Å². The van der Waals surface area contributed by atoms with Gasteiger partial charge in [-0.3, -0.25) is 4.79 Å². The lowest BCUT2D eigenvalue weighted by Crippen LogP contribution is -2.10. The van der Waals surface area contributed by atoms with E-state index in [1.54, 1.807) is 3.96 Å². The van der Waals surface area contributed by atoms with Gasteiger partial charge in [0, 0.05) is 3.57 Å². The predicted molar refractivity (Wildman–Crippen MR) is 80.1 cm³/mol. The fourth-order valence-corrected chi connectivity index (χ4v) is 3.47. The molecule has 0 unspecified atom stereocenters. The van der Waals surface area contributed by atoms with Crippen LogP contribution in [0.5, 0.6) is 0 Å². The van der Waals surface area contributed by atoms with Gasteiger partial charge in [0.05, 0.1) is 15.8 Å². The van der Waals surface area contributed by atoms with Gasteiger partial charge in [-0.2, -0.15) is 0 Å². The second-order valence-electron chi connectivity index (χ2n) is 3.67. The van der Waals surface area contributed by atoms with Crippen LogP contribution in [0.3, 0.4) is 0 Å². The van der Waals surface area contributed by atoms with Gasteiger partial charge in [-0.05, 0) is 52.9 Å². The average Bonchev–Trinajstić information content (AvgIpc) is 2.67. The predicted octanol–water partition coefficient (Wildman–Crippen LogP) is 3.66. The number of para-hydroxylation sites is 1. The minimum atomic E-state index is 0.0626. The lowest BCUT2D eigenvalue weighted by molar-refractivity contribution is 1.14. The van der Waals surface area contributed by atoms with Gasteiger partial charge in [0.25, 0.3) is 5.56 Å². The van der Waals surface area contributed by atoms with Crippen molar-refractivity contribution >= 4 is 44.2 Å². The standard InChI is InChI=1S/C13H8INOS/c14-9-6-7-11-12(8-9)17-15(13(11)16)10-4-2-1-3-5-10/h1-8H. The number of rotatable bonds is 1. The molecule has 0 atom stereocenters. The van der Waals surface area contributed by atoms with Crippen LogP contribution in [-0.2, 0) is 0 Å². The summed E-state index contributed by atoms with van der Waals surface area (Å²) in [5, 5.41) is 0.791. The Morgan fingerprint density at radius 2 is 1.82 bits per heavy atom. The molecule has 0 spiro atoms. The molecule has 2 aromatic carbocycles. The summed E-state index contributed by atoms with van der Waals surface area (Å²) in [6, 6.07) is 15.6. The highest BCUT2D eigenvalue weighted by molar-refractivity contribution is 14.1. The van der Waals surface area contributed by atoms with Crippen molar-refractivity contribution in [3.05, 3.63) is 62.5 Å². The average molecular weight is 353 g/mol. The van der Waals surface area contributed by atoms with E-state index in [-0.39, 0.29) is 5.56 Å². The first-order chi connectivity index (χ1) is 8.25. The molecule has 0 aliphatic heterocycles. The summed E-state index contributed by atoms with van der Waals surface area (Å²) >= 11 is 3.75. The van der Waals surface area contributed by atoms with Gasteiger partial charge >= 0.3 is 0 Å². The van der Waals surface area contributed by atoms with Gasteiger partial charge in [-0.1, -0.05) is 29.7 Å². The fourth-order valence-electron chi connectivity index (χ4n) is 1.73. The van der Waals surface area contributed by atoms with E-state index in [0.29, 0.717) is 0 Å². The van der Waals surface area contributed by atoms with Crippen molar-refractivity contribution in [2.75, 3.05) is 0 Å². The Morgan fingerprint density at radius 3 is 2.59 bits per heavy atom. The maximum absolute atomic E-state index is 12.2. The highest BCUT2D eigenvalue weighted by atomic mass is 127. The van der Waals surface area contributed by atoms with Crippen LogP contribution in [0.4, 0.5) is 0 Å². The normalized spacial score (nSPS) is 10.9. The van der Waals surface area contributed by atoms with Crippen LogP contribution in [0.2, 0.25) is 0 Å². The molecule has 1 heterocycles. The molecule has 0 saturated heterocycles. The third kappa shape index (κ3) is 1.91. The molecule has 0 fully saturated rings. The van der Waals surface area contributed by atoms with Gasteiger partial charge in [0.1, 0.15) is 0 Å². The first-order valence-electron chi connectivity index (χ1n) is 5.13. The number of halogens is 1. The molecule has 17 heavy (non-hydrogen) atoms. The van der Waals surface area contributed by atoms with Gasteiger partial charge in [0.2, 0.25) is 0 Å². The quantitative estimate of drug-likeness (QED) is 0.612. The number of benzene rings is 2. The van der Waals surface area contributed by atoms with Crippen LogP contribution in [0.25, 0.3) is 15.8 Å². The van der Waals surface area contributed by atoms with E-state index in [2.05, 4.69) is 22.6 Å². The van der Waals surface area contributed by atoms with E-state index in [0.717, 1.165) is 19.3 Å². The Kier molecular flexibility index (Phi) is 2.76. The van der Waals surface area contributed by atoms with Crippen molar-refractivity contribution in [2.24, 2.45) is 0 Å². The Balaban J connectivity index is 2.32. The molecule has 0 N–H and O–H groups in total. The van der Waals surface area contributed by atoms with Crippen molar-refractivity contribution < 1.29 is 0 Å². The van der Waals surface area contributed by atoms with Crippen molar-refractivity contribution in [1.82, 2.24) is 3.96 Å². The lowest BCUT2D eigenvalue weighted by atomic mass is 10.3. The number of hydrogen-bond acceptors (Lipinski definition) is 2. The van der Waals surface area contributed by atoms with Crippen molar-refractivity contribution in [3.63, 3.8) is 0 Å². The maximum Gasteiger partial charge on any atom is 0.273 e. The fraction of sp³-hybridized carbons (Fsp3) is 0. The third-order valence-corrected chi connectivity index (χ3v) is 4.30. The Morgan fingerprint density at radius 1 is 1.06 bits per heavy atom. The number of hydrogen-bond donors (Lipinski definition) is 0. The van der Waals surface area contributed by atoms with E-state index >= 15 is 0 Å². The summed E-state index contributed by atoms with van der Waals surface area (Å²) in [5.41, 5.74) is 0.987. The van der Waals surface area contributed by atoms with Gasteiger partial charge < -0.3 is 0 Å². The zero-order chi connectivity index (χ0) is 11.8. The Labute approximate surface area is 116 Å². The highest BCUT2D eigenvalue weighted by Gasteiger charge is 2.08. The van der Waals surface area contributed by atoms with Crippen LogP contribution in [0.15, 0.2) is 53.3 Å². The molecule has 0 bridgehead atoms. The molecule has 0 radical (unpaired) electrons. The summed E-state index contributed by atoms with van der Waals surface area (Å²) < 4.78 is 3.92. The monoisotopic (exact) mass is 353 g/mol. The molecule has 84 valence electrons. The summed E-state index contributed by atoms with van der Waals surface area (Å²) in [5.74, 6) is 0. The largest absolute Gasteiger partial charge is 0.273 e. The van der Waals surface area contributed by atoms with Crippen molar-refractivity contribution in [2.45, 2.75) is 0 Å². The molecular formula is C13H8INOS. The van der Waals surface area contributed by atoms with E-state index in [9.17, 15) is 4.79 Å². The maximum atomic E-state index is 12.2. The SMILES string of the molecule is O=c1c2ccc(I)cc2sn1-c1ccccc1. The summed E-state index contributed by atoms with van der Waals surface area (Å²) in [6.45, 7) is 0. The van der Waals surface area contributed by atoms with Gasteiger partial charge in [-0.25, -0.2) is 3.96 Å². The third-order valence-electron chi connectivity index (χ3n) is 2.54. The summed E-state index contributed by atoms with van der Waals surface area (Å²) in [6.07, 6.45) is 0. The van der Waals surface area contributed by atoms with Crippen molar-refractivity contribution in [3.8, 4) is 5.69 Å². The Bertz CT molecular complexity index is 730. The van der Waals surface area contributed by atoms with Crippen LogP contribution >= 0.6 is 34.1 Å². The molecule has 3 rings (SSSR count). The lowest BCUT2D eigenvalue weighted by Gasteiger charge is -1.97. The highest BCUT2D eigenvalue weighted by Crippen LogP contribution is 2.21. The van der Waals surface area contributed by atoms with Gasteiger partial charge in [0.15, 0.2) is 0 Å². The number of nitrogens with zero attached hydrogens (tertiary/aromatic N) is 1. The Hall–Kier alpha value is -1.14.